The fraction of sp³-hybridized carbons (Fsp3) is 0.697. The number of unbranched alkanes of at least 4 members (excludes halogenated alkanes) is 12. The SMILES string of the molecule is CC(C)=CCC[C@@H](C)CCC#CCCCCCCCCCCCCCCOCc1ccccc1. The summed E-state index contributed by atoms with van der Waals surface area (Å²) in [6.45, 7) is 8.39. The van der Waals surface area contributed by atoms with E-state index in [1.807, 2.05) is 0 Å². The fourth-order valence-electron chi connectivity index (χ4n) is 4.25. The first-order chi connectivity index (χ1) is 16.7. The second kappa shape index (κ2) is 23.2. The first-order valence-electron chi connectivity index (χ1n) is 14.4. The van der Waals surface area contributed by atoms with Gasteiger partial charge in [0.1, 0.15) is 0 Å². The Morgan fingerprint density at radius 1 is 0.735 bits per heavy atom. The van der Waals surface area contributed by atoms with Crippen molar-refractivity contribution in [3.63, 3.8) is 0 Å². The number of ether oxygens (including phenoxy) is 1. The largest absolute Gasteiger partial charge is 0.377 e. The van der Waals surface area contributed by atoms with Gasteiger partial charge in [-0.25, -0.2) is 0 Å². The maximum absolute atomic E-state index is 5.76. The van der Waals surface area contributed by atoms with Gasteiger partial charge in [0.2, 0.25) is 0 Å². The molecule has 1 aromatic carbocycles. The number of rotatable bonds is 21. The standard InChI is InChI=1S/C33H54O/c1-31(2)24-23-26-32(3)25-19-16-14-12-10-8-6-4-5-7-9-11-13-15-17-22-29-34-30-33-27-20-18-21-28-33/h18,20-21,24,27-28,32H,4-13,15,17,19,22-23,25-26,29-30H2,1-3H3/t32-/m0/s1. The van der Waals surface area contributed by atoms with E-state index in [1.165, 1.54) is 107 Å². The van der Waals surface area contributed by atoms with Crippen molar-refractivity contribution in [2.45, 2.75) is 137 Å². The maximum atomic E-state index is 5.76. The normalized spacial score (nSPS) is 11.6. The zero-order chi connectivity index (χ0) is 24.5. The molecule has 34 heavy (non-hydrogen) atoms. The Morgan fingerprint density at radius 3 is 1.91 bits per heavy atom. The zero-order valence-electron chi connectivity index (χ0n) is 22.9. The van der Waals surface area contributed by atoms with Gasteiger partial charge in [-0.05, 0) is 57.4 Å². The summed E-state index contributed by atoms with van der Waals surface area (Å²) in [5, 5.41) is 0. The Morgan fingerprint density at radius 2 is 1.29 bits per heavy atom. The third-order valence-corrected chi connectivity index (χ3v) is 6.55. The predicted molar refractivity (Wildman–Crippen MR) is 151 cm³/mol. The van der Waals surface area contributed by atoms with Gasteiger partial charge in [-0.1, -0.05) is 113 Å². The van der Waals surface area contributed by atoms with Gasteiger partial charge in [0.05, 0.1) is 6.61 Å². The number of hydrogen-bond donors (Lipinski definition) is 0. The van der Waals surface area contributed by atoms with Crippen LogP contribution in [0.1, 0.15) is 135 Å². The molecular weight excluding hydrogens is 412 g/mol. The smallest absolute Gasteiger partial charge is 0.0716 e. The van der Waals surface area contributed by atoms with E-state index in [9.17, 15) is 0 Å². The molecule has 0 unspecified atom stereocenters. The molecule has 0 radical (unpaired) electrons. The summed E-state index contributed by atoms with van der Waals surface area (Å²) in [7, 11) is 0. The van der Waals surface area contributed by atoms with Crippen molar-refractivity contribution in [1.82, 2.24) is 0 Å². The Labute approximate surface area is 213 Å². The minimum atomic E-state index is 0.755. The first-order valence-corrected chi connectivity index (χ1v) is 14.4. The molecule has 0 spiro atoms. The van der Waals surface area contributed by atoms with E-state index in [0.717, 1.165) is 32.0 Å². The topological polar surface area (TPSA) is 9.23 Å². The summed E-state index contributed by atoms with van der Waals surface area (Å²) in [6, 6.07) is 10.5. The lowest BCUT2D eigenvalue weighted by atomic mass is 9.99. The second-order valence-corrected chi connectivity index (χ2v) is 10.4. The lowest BCUT2D eigenvalue weighted by Gasteiger charge is -2.06. The quantitative estimate of drug-likeness (QED) is 0.0994. The average molecular weight is 467 g/mol. The van der Waals surface area contributed by atoms with Crippen LogP contribution in [0.5, 0.6) is 0 Å². The van der Waals surface area contributed by atoms with Gasteiger partial charge in [-0.3, -0.25) is 0 Å². The Hall–Kier alpha value is -1.52. The van der Waals surface area contributed by atoms with Gasteiger partial charge in [0.15, 0.2) is 0 Å². The van der Waals surface area contributed by atoms with Crippen molar-refractivity contribution in [3.05, 3.63) is 47.5 Å². The van der Waals surface area contributed by atoms with Gasteiger partial charge in [0, 0.05) is 19.4 Å². The van der Waals surface area contributed by atoms with Crippen LogP contribution in [0, 0.1) is 17.8 Å². The van der Waals surface area contributed by atoms with E-state index < -0.39 is 0 Å². The van der Waals surface area contributed by atoms with E-state index >= 15 is 0 Å². The van der Waals surface area contributed by atoms with Crippen LogP contribution >= 0.6 is 0 Å². The van der Waals surface area contributed by atoms with Crippen molar-refractivity contribution in [1.29, 1.82) is 0 Å². The van der Waals surface area contributed by atoms with Crippen molar-refractivity contribution in [3.8, 4) is 11.8 Å². The number of benzene rings is 1. The molecule has 0 saturated heterocycles. The predicted octanol–water partition coefficient (Wildman–Crippen LogP) is 10.4. The van der Waals surface area contributed by atoms with E-state index in [0.29, 0.717) is 0 Å². The minimum absolute atomic E-state index is 0.755. The van der Waals surface area contributed by atoms with Crippen LogP contribution in [-0.2, 0) is 11.3 Å². The zero-order valence-corrected chi connectivity index (χ0v) is 22.9. The summed E-state index contributed by atoms with van der Waals surface area (Å²) in [4.78, 5) is 0. The molecule has 1 atom stereocenters. The van der Waals surface area contributed by atoms with Crippen molar-refractivity contribution < 1.29 is 4.74 Å². The summed E-state index contributed by atoms with van der Waals surface area (Å²) >= 11 is 0. The highest BCUT2D eigenvalue weighted by molar-refractivity contribution is 5.13. The summed E-state index contributed by atoms with van der Waals surface area (Å²) in [5.41, 5.74) is 2.72. The number of hydrogen-bond acceptors (Lipinski definition) is 1. The Bertz CT molecular complexity index is 644. The monoisotopic (exact) mass is 466 g/mol. The second-order valence-electron chi connectivity index (χ2n) is 10.4. The molecule has 0 amide bonds. The highest BCUT2D eigenvalue weighted by atomic mass is 16.5. The van der Waals surface area contributed by atoms with Crippen LogP contribution in [0.2, 0.25) is 0 Å². The van der Waals surface area contributed by atoms with Gasteiger partial charge < -0.3 is 4.74 Å². The number of allylic oxidation sites excluding steroid dienone is 2. The molecule has 1 nitrogen and oxygen atoms in total. The third kappa shape index (κ3) is 21.0. The molecule has 0 saturated carbocycles. The summed E-state index contributed by atoms with van der Waals surface area (Å²) in [5.74, 6) is 7.60. The Kier molecular flexibility index (Phi) is 20.8. The van der Waals surface area contributed by atoms with E-state index in [4.69, 9.17) is 4.74 Å². The molecule has 1 aromatic rings. The molecular formula is C33H54O. The molecule has 1 heteroatoms. The lowest BCUT2D eigenvalue weighted by molar-refractivity contribution is 0.116. The highest BCUT2D eigenvalue weighted by Gasteiger charge is 1.99. The van der Waals surface area contributed by atoms with Crippen LogP contribution in [0.3, 0.4) is 0 Å². The van der Waals surface area contributed by atoms with Crippen LogP contribution in [0.15, 0.2) is 42.0 Å². The minimum Gasteiger partial charge on any atom is -0.377 e. The van der Waals surface area contributed by atoms with Crippen LogP contribution < -0.4 is 0 Å². The molecule has 0 aliphatic heterocycles. The molecule has 0 aliphatic rings. The highest BCUT2D eigenvalue weighted by Crippen LogP contribution is 2.14. The van der Waals surface area contributed by atoms with E-state index in [1.54, 1.807) is 0 Å². The van der Waals surface area contributed by atoms with Crippen LogP contribution in [0.25, 0.3) is 0 Å². The first kappa shape index (κ1) is 30.5. The molecule has 0 fully saturated rings. The van der Waals surface area contributed by atoms with Gasteiger partial charge >= 0.3 is 0 Å². The molecule has 1 rings (SSSR count). The fourth-order valence-corrected chi connectivity index (χ4v) is 4.25. The lowest BCUT2D eigenvalue weighted by Crippen LogP contribution is -1.95. The molecule has 0 heterocycles. The van der Waals surface area contributed by atoms with E-state index in [-0.39, 0.29) is 0 Å². The van der Waals surface area contributed by atoms with Crippen LogP contribution in [-0.4, -0.2) is 6.61 Å². The molecule has 0 aromatic heterocycles. The van der Waals surface area contributed by atoms with Gasteiger partial charge in [-0.15, -0.1) is 11.8 Å². The summed E-state index contributed by atoms with van der Waals surface area (Å²) in [6.07, 6.45) is 24.7. The van der Waals surface area contributed by atoms with Gasteiger partial charge in [0.25, 0.3) is 0 Å². The van der Waals surface area contributed by atoms with Crippen molar-refractivity contribution in [2.24, 2.45) is 5.92 Å². The average Bonchev–Trinajstić information content (AvgIpc) is 2.83. The summed E-state index contributed by atoms with van der Waals surface area (Å²) < 4.78 is 5.76. The molecule has 0 aliphatic carbocycles. The maximum Gasteiger partial charge on any atom is 0.0716 e. The van der Waals surface area contributed by atoms with Crippen molar-refractivity contribution in [2.75, 3.05) is 6.61 Å². The third-order valence-electron chi connectivity index (χ3n) is 6.55. The Balaban J connectivity index is 1.74. The molecule has 0 bridgehead atoms. The molecule has 0 N–H and O–H groups in total. The van der Waals surface area contributed by atoms with Crippen molar-refractivity contribution >= 4 is 0 Å². The van der Waals surface area contributed by atoms with E-state index in [2.05, 4.69) is 69.0 Å². The van der Waals surface area contributed by atoms with Crippen LogP contribution in [0.4, 0.5) is 0 Å². The molecule has 192 valence electrons. The van der Waals surface area contributed by atoms with Gasteiger partial charge in [-0.2, -0.15) is 0 Å².